The van der Waals surface area contributed by atoms with Crippen molar-refractivity contribution < 1.29 is 9.47 Å². The summed E-state index contributed by atoms with van der Waals surface area (Å²) in [5.41, 5.74) is 1.90. The molecule has 0 radical (unpaired) electrons. The highest BCUT2D eigenvalue weighted by molar-refractivity contribution is 6.30. The fourth-order valence-electron chi connectivity index (χ4n) is 2.28. The number of hydrogen-bond donors (Lipinski definition) is 0. The Hall–Kier alpha value is -2.89. The van der Waals surface area contributed by atoms with Crippen molar-refractivity contribution in [1.82, 2.24) is 0 Å². The summed E-state index contributed by atoms with van der Waals surface area (Å²) in [6, 6.07) is 24.8. The largest absolute Gasteiger partial charge is 0.497 e. The van der Waals surface area contributed by atoms with Crippen molar-refractivity contribution in [3.8, 4) is 23.3 Å². The van der Waals surface area contributed by atoms with Gasteiger partial charge in [0, 0.05) is 16.1 Å². The molecule has 0 aromatic heterocycles. The van der Waals surface area contributed by atoms with Gasteiger partial charge in [-0.2, -0.15) is 0 Å². The highest BCUT2D eigenvalue weighted by Gasteiger charge is 2.11. The average molecular weight is 349 g/mol. The molecule has 0 aliphatic heterocycles. The average Bonchev–Trinajstić information content (AvgIpc) is 2.67. The van der Waals surface area contributed by atoms with Crippen molar-refractivity contribution in [2.75, 3.05) is 7.11 Å². The zero-order valence-corrected chi connectivity index (χ0v) is 14.5. The van der Waals surface area contributed by atoms with Gasteiger partial charge in [0.1, 0.15) is 11.5 Å². The first kappa shape index (κ1) is 17.0. The summed E-state index contributed by atoms with van der Waals surface area (Å²) in [5, 5.41) is 0.670. The zero-order valence-electron chi connectivity index (χ0n) is 13.8. The summed E-state index contributed by atoms with van der Waals surface area (Å²) >= 11 is 5.94. The molecule has 3 aromatic rings. The maximum atomic E-state index is 6.08. The van der Waals surface area contributed by atoms with Crippen LogP contribution in [-0.2, 0) is 0 Å². The summed E-state index contributed by atoms with van der Waals surface area (Å²) in [5.74, 6) is 7.89. The molecule has 0 aliphatic carbocycles. The lowest BCUT2D eigenvalue weighted by Crippen LogP contribution is -2.05. The quantitative estimate of drug-likeness (QED) is 0.578. The topological polar surface area (TPSA) is 18.5 Å². The number of halogens is 1. The minimum Gasteiger partial charge on any atom is -0.497 e. The standard InChI is InChI=1S/C22H17ClO2/c1-24-20-12-8-18(9-13-20)22(16-7-17-5-3-2-4-6-17)25-21-14-10-19(23)11-15-21/h2-6,8-15,22H,1H3. The van der Waals surface area contributed by atoms with Crippen molar-refractivity contribution in [3.05, 3.63) is 95.0 Å². The van der Waals surface area contributed by atoms with Crippen molar-refractivity contribution >= 4 is 11.6 Å². The van der Waals surface area contributed by atoms with Crippen LogP contribution in [0.4, 0.5) is 0 Å². The summed E-state index contributed by atoms with van der Waals surface area (Å²) in [6.45, 7) is 0. The minimum atomic E-state index is -0.396. The zero-order chi connectivity index (χ0) is 17.5. The van der Waals surface area contributed by atoms with Crippen LogP contribution in [0.5, 0.6) is 11.5 Å². The third-order valence-corrected chi connectivity index (χ3v) is 3.86. The summed E-state index contributed by atoms with van der Waals surface area (Å²) < 4.78 is 11.3. The van der Waals surface area contributed by atoms with E-state index in [0.29, 0.717) is 10.8 Å². The second kappa shape index (κ2) is 8.28. The Morgan fingerprint density at radius 3 is 2.08 bits per heavy atom. The third kappa shape index (κ3) is 4.79. The Kier molecular flexibility index (Phi) is 5.61. The minimum absolute atomic E-state index is 0.396. The van der Waals surface area contributed by atoms with Crippen molar-refractivity contribution in [1.29, 1.82) is 0 Å². The molecule has 0 fully saturated rings. The molecular formula is C22H17ClO2. The number of ether oxygens (including phenoxy) is 2. The van der Waals surface area contributed by atoms with Gasteiger partial charge in [-0.1, -0.05) is 47.9 Å². The molecule has 0 N–H and O–H groups in total. The van der Waals surface area contributed by atoms with Gasteiger partial charge in [-0.3, -0.25) is 0 Å². The molecule has 25 heavy (non-hydrogen) atoms. The predicted molar refractivity (Wildman–Crippen MR) is 101 cm³/mol. The molecule has 0 amide bonds. The van der Waals surface area contributed by atoms with Gasteiger partial charge in [0.15, 0.2) is 6.10 Å². The van der Waals surface area contributed by atoms with Gasteiger partial charge in [-0.05, 0) is 54.5 Å². The summed E-state index contributed by atoms with van der Waals surface area (Å²) in [7, 11) is 1.64. The van der Waals surface area contributed by atoms with E-state index in [-0.39, 0.29) is 0 Å². The maximum absolute atomic E-state index is 6.08. The molecule has 1 unspecified atom stereocenters. The van der Waals surface area contributed by atoms with Crippen LogP contribution < -0.4 is 9.47 Å². The van der Waals surface area contributed by atoms with E-state index in [1.807, 2.05) is 66.7 Å². The Bertz CT molecular complexity index is 860. The van der Waals surface area contributed by atoms with Crippen LogP contribution in [0.2, 0.25) is 5.02 Å². The maximum Gasteiger partial charge on any atom is 0.184 e. The van der Waals surface area contributed by atoms with Gasteiger partial charge in [0.2, 0.25) is 0 Å². The molecular weight excluding hydrogens is 332 g/mol. The molecule has 1 atom stereocenters. The molecule has 3 aromatic carbocycles. The van der Waals surface area contributed by atoms with Crippen LogP contribution >= 0.6 is 11.6 Å². The third-order valence-electron chi connectivity index (χ3n) is 3.61. The molecule has 0 bridgehead atoms. The molecule has 0 saturated carbocycles. The van der Waals surface area contributed by atoms with Gasteiger partial charge < -0.3 is 9.47 Å². The summed E-state index contributed by atoms with van der Waals surface area (Å²) in [6.07, 6.45) is -0.396. The SMILES string of the molecule is COc1ccc(C(C#Cc2ccccc2)Oc2ccc(Cl)cc2)cc1. The van der Waals surface area contributed by atoms with Crippen molar-refractivity contribution in [2.24, 2.45) is 0 Å². The van der Waals surface area contributed by atoms with Gasteiger partial charge >= 0.3 is 0 Å². The van der Waals surface area contributed by atoms with Gasteiger partial charge in [0.05, 0.1) is 7.11 Å². The smallest absolute Gasteiger partial charge is 0.184 e. The van der Waals surface area contributed by atoms with Gasteiger partial charge in [0.25, 0.3) is 0 Å². The Balaban J connectivity index is 1.89. The lowest BCUT2D eigenvalue weighted by Gasteiger charge is -2.15. The van der Waals surface area contributed by atoms with Crippen LogP contribution in [0.3, 0.4) is 0 Å². The first-order valence-electron chi connectivity index (χ1n) is 7.87. The number of methoxy groups -OCH3 is 1. The fraction of sp³-hybridized carbons (Fsp3) is 0.0909. The molecule has 0 aliphatic rings. The molecule has 0 spiro atoms. The second-order valence-electron chi connectivity index (χ2n) is 5.36. The van der Waals surface area contributed by atoms with E-state index in [9.17, 15) is 0 Å². The molecule has 2 nitrogen and oxygen atoms in total. The van der Waals surface area contributed by atoms with E-state index >= 15 is 0 Å². The van der Waals surface area contributed by atoms with Crippen molar-refractivity contribution in [3.63, 3.8) is 0 Å². The van der Waals surface area contributed by atoms with E-state index in [1.165, 1.54) is 0 Å². The highest BCUT2D eigenvalue weighted by atomic mass is 35.5. The lowest BCUT2D eigenvalue weighted by atomic mass is 10.1. The van der Waals surface area contributed by atoms with E-state index in [0.717, 1.165) is 16.9 Å². The van der Waals surface area contributed by atoms with Crippen LogP contribution in [0.1, 0.15) is 17.2 Å². The van der Waals surface area contributed by atoms with E-state index in [1.54, 1.807) is 19.2 Å². The van der Waals surface area contributed by atoms with Gasteiger partial charge in [-0.15, -0.1) is 0 Å². The van der Waals surface area contributed by atoms with Crippen LogP contribution in [0.15, 0.2) is 78.9 Å². The van der Waals surface area contributed by atoms with E-state index in [2.05, 4.69) is 11.8 Å². The van der Waals surface area contributed by atoms with Crippen molar-refractivity contribution in [2.45, 2.75) is 6.10 Å². The van der Waals surface area contributed by atoms with E-state index in [4.69, 9.17) is 21.1 Å². The Labute approximate surface area is 153 Å². The normalized spacial score (nSPS) is 11.1. The number of benzene rings is 3. The first-order valence-corrected chi connectivity index (χ1v) is 8.25. The van der Waals surface area contributed by atoms with Crippen LogP contribution in [0, 0.1) is 11.8 Å². The van der Waals surface area contributed by atoms with Crippen LogP contribution in [0.25, 0.3) is 0 Å². The number of rotatable bonds is 4. The van der Waals surface area contributed by atoms with Crippen LogP contribution in [-0.4, -0.2) is 7.11 Å². The molecule has 3 rings (SSSR count). The fourth-order valence-corrected chi connectivity index (χ4v) is 2.41. The lowest BCUT2D eigenvalue weighted by molar-refractivity contribution is 0.264. The predicted octanol–water partition coefficient (Wildman–Crippen LogP) is 5.52. The molecule has 3 heteroatoms. The Morgan fingerprint density at radius 1 is 0.800 bits per heavy atom. The van der Waals surface area contributed by atoms with E-state index < -0.39 is 6.10 Å². The number of hydrogen-bond acceptors (Lipinski definition) is 2. The Morgan fingerprint density at radius 2 is 1.44 bits per heavy atom. The first-order chi connectivity index (χ1) is 12.2. The molecule has 0 saturated heterocycles. The molecule has 124 valence electrons. The second-order valence-corrected chi connectivity index (χ2v) is 5.80. The summed E-state index contributed by atoms with van der Waals surface area (Å²) in [4.78, 5) is 0. The monoisotopic (exact) mass is 348 g/mol. The highest BCUT2D eigenvalue weighted by Crippen LogP contribution is 2.25. The van der Waals surface area contributed by atoms with Gasteiger partial charge in [-0.25, -0.2) is 0 Å². The molecule has 0 heterocycles.